The Balaban J connectivity index is 1.76. The molecule has 3 aromatic heterocycles. The molecule has 0 saturated carbocycles. The normalized spacial score (nSPS) is 12.6. The van der Waals surface area contributed by atoms with Gasteiger partial charge in [0.05, 0.1) is 12.6 Å². The minimum atomic E-state index is -0.570. The molecule has 3 heterocycles. The van der Waals surface area contributed by atoms with E-state index >= 15 is 0 Å². The topological polar surface area (TPSA) is 103 Å². The summed E-state index contributed by atoms with van der Waals surface area (Å²) in [7, 11) is 0. The van der Waals surface area contributed by atoms with E-state index in [-0.39, 0.29) is 17.7 Å². The van der Waals surface area contributed by atoms with Crippen molar-refractivity contribution in [3.63, 3.8) is 0 Å². The predicted molar refractivity (Wildman–Crippen MR) is 127 cm³/mol. The summed E-state index contributed by atoms with van der Waals surface area (Å²) in [4.78, 5) is 37.8. The quantitative estimate of drug-likeness (QED) is 0.415. The van der Waals surface area contributed by atoms with Gasteiger partial charge in [-0.05, 0) is 33.6 Å². The lowest BCUT2D eigenvalue weighted by molar-refractivity contribution is 0.0486. The van der Waals surface area contributed by atoms with Crippen LogP contribution in [0.2, 0.25) is 0 Å². The van der Waals surface area contributed by atoms with Crippen LogP contribution in [-0.2, 0) is 9.47 Å². The molecule has 1 atom stereocenters. The van der Waals surface area contributed by atoms with Crippen molar-refractivity contribution < 1.29 is 19.1 Å². The van der Waals surface area contributed by atoms with Crippen LogP contribution in [0.4, 0.5) is 4.79 Å². The van der Waals surface area contributed by atoms with Crippen LogP contribution in [-0.4, -0.2) is 39.2 Å². The molecule has 32 heavy (non-hydrogen) atoms. The van der Waals surface area contributed by atoms with Gasteiger partial charge in [0.25, 0.3) is 0 Å². The molecule has 8 nitrogen and oxygen atoms in total. The second-order valence-electron chi connectivity index (χ2n) is 8.24. The number of carbonyl (C=O) groups excluding carboxylic acids is 2. The highest BCUT2D eigenvalue weighted by Gasteiger charge is 2.25. The van der Waals surface area contributed by atoms with Crippen LogP contribution in [0, 0.1) is 5.92 Å². The maximum absolute atomic E-state index is 12.3. The molecule has 0 unspecified atom stereocenters. The highest BCUT2D eigenvalue weighted by Crippen LogP contribution is 2.33. The van der Waals surface area contributed by atoms with Crippen molar-refractivity contribution in [1.82, 2.24) is 20.3 Å². The number of aromatic nitrogens is 3. The number of hydrogen-bond donors (Lipinski definition) is 1. The summed E-state index contributed by atoms with van der Waals surface area (Å²) >= 11 is 4.27. The lowest BCUT2D eigenvalue weighted by Crippen LogP contribution is -2.36. The van der Waals surface area contributed by atoms with E-state index in [9.17, 15) is 9.59 Å². The van der Waals surface area contributed by atoms with E-state index in [1.54, 1.807) is 12.3 Å². The van der Waals surface area contributed by atoms with Crippen LogP contribution in [0.3, 0.4) is 0 Å². The SMILES string of the molecule is CCOC(=O)c1csc(-c2csc(-c3csc([C@@H](NC(=O)OC(C)(C)C)C(C)C)n3)n2)n1. The molecule has 3 rings (SSSR count). The average molecular weight is 495 g/mol. The first-order chi connectivity index (χ1) is 15.1. The van der Waals surface area contributed by atoms with Crippen LogP contribution in [0.1, 0.15) is 63.1 Å². The van der Waals surface area contributed by atoms with Crippen molar-refractivity contribution in [1.29, 1.82) is 0 Å². The molecule has 0 aliphatic rings. The summed E-state index contributed by atoms with van der Waals surface area (Å²) in [5.41, 5.74) is 1.14. The van der Waals surface area contributed by atoms with Crippen LogP contribution >= 0.6 is 34.0 Å². The highest BCUT2D eigenvalue weighted by atomic mass is 32.1. The summed E-state index contributed by atoms with van der Waals surface area (Å²) in [6, 6.07) is -0.269. The third kappa shape index (κ3) is 6.11. The highest BCUT2D eigenvalue weighted by molar-refractivity contribution is 7.16. The molecule has 0 aromatic carbocycles. The fourth-order valence-electron chi connectivity index (χ4n) is 2.66. The van der Waals surface area contributed by atoms with Gasteiger partial charge in [0, 0.05) is 16.1 Å². The number of nitrogens with one attached hydrogen (secondary N) is 1. The fraction of sp³-hybridized carbons (Fsp3) is 0.476. The van der Waals surface area contributed by atoms with E-state index in [4.69, 9.17) is 14.5 Å². The van der Waals surface area contributed by atoms with Crippen molar-refractivity contribution >= 4 is 46.1 Å². The van der Waals surface area contributed by atoms with Crippen LogP contribution < -0.4 is 5.32 Å². The molecule has 11 heteroatoms. The number of thiazole rings is 3. The standard InChI is InChI=1S/C21H26N4O4S3/c1-7-28-19(26)14-10-31-17(24-14)12-8-30-16(22-12)13-9-32-18(23-13)15(11(2)3)25-20(27)29-21(4,5)6/h8-11,15H,7H2,1-6H3,(H,25,27)/t15-/m0/s1. The average Bonchev–Trinajstić information content (AvgIpc) is 3.44. The summed E-state index contributed by atoms with van der Waals surface area (Å²) in [6.07, 6.45) is -0.467. The number of alkyl carbamates (subject to hydrolysis) is 1. The van der Waals surface area contributed by atoms with E-state index in [0.29, 0.717) is 17.3 Å². The Kier molecular flexibility index (Phi) is 7.63. The van der Waals surface area contributed by atoms with Gasteiger partial charge >= 0.3 is 12.1 Å². The van der Waals surface area contributed by atoms with E-state index < -0.39 is 17.7 Å². The summed E-state index contributed by atoms with van der Waals surface area (Å²) < 4.78 is 10.4. The molecule has 172 valence electrons. The lowest BCUT2D eigenvalue weighted by Gasteiger charge is -2.24. The van der Waals surface area contributed by atoms with E-state index in [1.807, 2.05) is 45.4 Å². The first-order valence-electron chi connectivity index (χ1n) is 10.1. The minimum Gasteiger partial charge on any atom is -0.461 e. The molecule has 1 N–H and O–H groups in total. The van der Waals surface area contributed by atoms with Crippen molar-refractivity contribution in [2.24, 2.45) is 5.92 Å². The van der Waals surface area contributed by atoms with E-state index in [2.05, 4.69) is 15.3 Å². The number of nitrogens with zero attached hydrogens (tertiary/aromatic N) is 3. The minimum absolute atomic E-state index is 0.130. The van der Waals surface area contributed by atoms with Crippen molar-refractivity contribution in [3.8, 4) is 21.4 Å². The van der Waals surface area contributed by atoms with Crippen molar-refractivity contribution in [2.75, 3.05) is 6.61 Å². The smallest absolute Gasteiger partial charge is 0.408 e. The summed E-state index contributed by atoms with van der Waals surface area (Å²) in [5, 5.41) is 10.6. The number of carbonyl (C=O) groups is 2. The lowest BCUT2D eigenvalue weighted by atomic mass is 10.1. The fourth-order valence-corrected chi connectivity index (χ4v) is 5.34. The van der Waals surface area contributed by atoms with Gasteiger partial charge < -0.3 is 14.8 Å². The van der Waals surface area contributed by atoms with Gasteiger partial charge in [0.15, 0.2) is 5.69 Å². The third-order valence-corrected chi connectivity index (χ3v) is 6.72. The molecule has 1 amide bonds. The zero-order chi connectivity index (χ0) is 23.5. The van der Waals surface area contributed by atoms with Crippen molar-refractivity contribution in [2.45, 2.75) is 53.2 Å². The monoisotopic (exact) mass is 494 g/mol. The predicted octanol–water partition coefficient (Wildman–Crippen LogP) is 5.79. The van der Waals surface area contributed by atoms with Gasteiger partial charge in [-0.3, -0.25) is 0 Å². The molecule has 0 aliphatic heterocycles. The summed E-state index contributed by atoms with van der Waals surface area (Å²) in [6.45, 7) is 11.6. The molecule has 0 spiro atoms. The Morgan fingerprint density at radius 1 is 1.00 bits per heavy atom. The first kappa shape index (κ1) is 24.3. The third-order valence-electron chi connectivity index (χ3n) is 4.06. The van der Waals surface area contributed by atoms with Gasteiger partial charge in [-0.1, -0.05) is 13.8 Å². The summed E-state index contributed by atoms with van der Waals surface area (Å²) in [5.74, 6) is -0.309. The van der Waals surface area contributed by atoms with Crippen LogP contribution in [0.25, 0.3) is 21.4 Å². The van der Waals surface area contributed by atoms with Gasteiger partial charge in [0.2, 0.25) is 0 Å². The Morgan fingerprint density at radius 2 is 1.62 bits per heavy atom. The van der Waals surface area contributed by atoms with Gasteiger partial charge in [-0.15, -0.1) is 34.0 Å². The molecule has 0 saturated heterocycles. The van der Waals surface area contributed by atoms with E-state index in [0.717, 1.165) is 15.7 Å². The maximum atomic E-state index is 12.3. The number of amides is 1. The Bertz CT molecular complexity index is 1080. The zero-order valence-corrected chi connectivity index (χ0v) is 21.2. The van der Waals surface area contributed by atoms with Crippen LogP contribution in [0.5, 0.6) is 0 Å². The van der Waals surface area contributed by atoms with Gasteiger partial charge in [-0.25, -0.2) is 24.5 Å². The second-order valence-corrected chi connectivity index (χ2v) is 10.8. The number of rotatable bonds is 7. The Morgan fingerprint density at radius 3 is 2.28 bits per heavy atom. The largest absolute Gasteiger partial charge is 0.461 e. The first-order valence-corrected chi connectivity index (χ1v) is 12.7. The molecule has 0 radical (unpaired) electrons. The Hall–Kier alpha value is -2.37. The van der Waals surface area contributed by atoms with Crippen molar-refractivity contribution in [3.05, 3.63) is 26.8 Å². The molecule has 3 aromatic rings. The zero-order valence-electron chi connectivity index (χ0n) is 18.8. The molecule has 0 fully saturated rings. The van der Waals surface area contributed by atoms with Gasteiger partial charge in [0.1, 0.15) is 32.0 Å². The number of esters is 1. The second kappa shape index (κ2) is 10.1. The van der Waals surface area contributed by atoms with Gasteiger partial charge in [-0.2, -0.15) is 0 Å². The molecular formula is C21H26N4O4S3. The molecule has 0 aliphatic carbocycles. The Labute approximate surface area is 199 Å². The molecule has 0 bridgehead atoms. The number of ether oxygens (including phenoxy) is 2. The molecular weight excluding hydrogens is 468 g/mol. The van der Waals surface area contributed by atoms with E-state index in [1.165, 1.54) is 34.0 Å². The number of hydrogen-bond acceptors (Lipinski definition) is 10. The maximum Gasteiger partial charge on any atom is 0.408 e. The van der Waals surface area contributed by atoms with Crippen LogP contribution in [0.15, 0.2) is 16.1 Å².